The van der Waals surface area contributed by atoms with E-state index < -0.39 is 9.84 Å². The zero-order chi connectivity index (χ0) is 16.2. The number of benzene rings is 1. The van der Waals surface area contributed by atoms with Crippen molar-refractivity contribution in [2.75, 3.05) is 25.2 Å². The quantitative estimate of drug-likeness (QED) is 0.830. The molecule has 0 aromatic heterocycles. The lowest BCUT2D eigenvalue weighted by Crippen LogP contribution is -2.29. The molecule has 1 aromatic carbocycles. The molecule has 22 heavy (non-hydrogen) atoms. The van der Waals surface area contributed by atoms with Crippen LogP contribution in [0.15, 0.2) is 18.2 Å². The Morgan fingerprint density at radius 2 is 2.09 bits per heavy atom. The highest BCUT2D eigenvalue weighted by molar-refractivity contribution is 7.91. The van der Waals surface area contributed by atoms with E-state index in [0.717, 1.165) is 11.3 Å². The molecule has 0 aliphatic carbocycles. The predicted molar refractivity (Wildman–Crippen MR) is 87.2 cm³/mol. The van der Waals surface area contributed by atoms with Gasteiger partial charge in [0, 0.05) is 12.6 Å². The van der Waals surface area contributed by atoms with E-state index >= 15 is 0 Å². The van der Waals surface area contributed by atoms with Crippen LogP contribution in [-0.4, -0.2) is 39.7 Å². The number of nitrogens with one attached hydrogen (secondary N) is 1. The van der Waals surface area contributed by atoms with Gasteiger partial charge in [0.05, 0.1) is 25.2 Å². The van der Waals surface area contributed by atoms with Crippen LogP contribution in [0.25, 0.3) is 0 Å². The summed E-state index contributed by atoms with van der Waals surface area (Å²) in [6.45, 7) is 5.45. The van der Waals surface area contributed by atoms with Crippen LogP contribution in [0.2, 0.25) is 0 Å². The number of ether oxygens (including phenoxy) is 2. The van der Waals surface area contributed by atoms with Gasteiger partial charge in [-0.2, -0.15) is 0 Å². The number of rotatable bonds is 7. The minimum atomic E-state index is -2.84. The normalized spacial score (nSPS) is 20.3. The lowest BCUT2D eigenvalue weighted by atomic mass is 10.1. The average molecular weight is 327 g/mol. The van der Waals surface area contributed by atoms with Crippen molar-refractivity contribution in [3.8, 4) is 11.5 Å². The van der Waals surface area contributed by atoms with Crippen molar-refractivity contribution in [2.45, 2.75) is 32.9 Å². The molecule has 2 rings (SSSR count). The van der Waals surface area contributed by atoms with Gasteiger partial charge < -0.3 is 14.8 Å². The summed E-state index contributed by atoms with van der Waals surface area (Å²) in [5.41, 5.74) is 1.06. The molecule has 0 amide bonds. The highest BCUT2D eigenvalue weighted by Crippen LogP contribution is 2.28. The third kappa shape index (κ3) is 4.88. The Labute approximate surface area is 132 Å². The number of hydrogen-bond donors (Lipinski definition) is 1. The van der Waals surface area contributed by atoms with Crippen molar-refractivity contribution in [3.63, 3.8) is 0 Å². The molecule has 1 saturated heterocycles. The first-order valence-electron chi connectivity index (χ1n) is 7.63. The van der Waals surface area contributed by atoms with Crippen molar-refractivity contribution in [1.29, 1.82) is 0 Å². The van der Waals surface area contributed by atoms with E-state index in [1.54, 1.807) is 7.11 Å². The maximum atomic E-state index is 11.5. The van der Waals surface area contributed by atoms with Crippen LogP contribution in [0, 0.1) is 5.92 Å². The number of sulfone groups is 1. The Morgan fingerprint density at radius 1 is 1.32 bits per heavy atom. The van der Waals surface area contributed by atoms with E-state index in [4.69, 9.17) is 9.47 Å². The van der Waals surface area contributed by atoms with Gasteiger partial charge in [0.15, 0.2) is 21.3 Å². The first kappa shape index (κ1) is 17.1. The Hall–Kier alpha value is -1.27. The topological polar surface area (TPSA) is 64.6 Å². The first-order chi connectivity index (χ1) is 10.4. The molecule has 1 atom stereocenters. The van der Waals surface area contributed by atoms with Crippen molar-refractivity contribution >= 4 is 9.84 Å². The van der Waals surface area contributed by atoms with Crippen molar-refractivity contribution in [1.82, 2.24) is 5.32 Å². The van der Waals surface area contributed by atoms with E-state index in [-0.39, 0.29) is 17.5 Å². The molecule has 1 N–H and O–H groups in total. The molecule has 1 aliphatic heterocycles. The summed E-state index contributed by atoms with van der Waals surface area (Å²) in [7, 11) is -1.22. The SMILES string of the molecule is COc1ccc(CN[C@@H]2CCS(=O)(=O)C2)cc1OCC(C)C. The Balaban J connectivity index is 1.97. The lowest BCUT2D eigenvalue weighted by molar-refractivity contribution is 0.256. The molecule has 1 aromatic rings. The lowest BCUT2D eigenvalue weighted by Gasteiger charge is -2.15. The van der Waals surface area contributed by atoms with Crippen LogP contribution >= 0.6 is 0 Å². The van der Waals surface area contributed by atoms with Gasteiger partial charge in [-0.15, -0.1) is 0 Å². The van der Waals surface area contributed by atoms with Crippen molar-refractivity contribution < 1.29 is 17.9 Å². The maximum Gasteiger partial charge on any atom is 0.161 e. The molecule has 6 heteroatoms. The first-order valence-corrected chi connectivity index (χ1v) is 9.45. The Bertz CT molecular complexity index is 598. The molecule has 0 unspecified atom stereocenters. The smallest absolute Gasteiger partial charge is 0.161 e. The van der Waals surface area contributed by atoms with E-state index in [9.17, 15) is 8.42 Å². The zero-order valence-corrected chi connectivity index (χ0v) is 14.3. The summed E-state index contributed by atoms with van der Waals surface area (Å²) < 4.78 is 34.0. The molecule has 0 bridgehead atoms. The van der Waals surface area contributed by atoms with Crippen LogP contribution in [0.4, 0.5) is 0 Å². The second kappa shape index (κ2) is 7.33. The standard InChI is InChI=1S/C16H25NO4S/c1-12(2)10-21-16-8-13(4-5-15(16)20-3)9-17-14-6-7-22(18,19)11-14/h4-5,8,12,14,17H,6-7,9-11H2,1-3H3/t14-/m1/s1. The fourth-order valence-electron chi connectivity index (χ4n) is 2.42. The van der Waals surface area contributed by atoms with E-state index in [2.05, 4.69) is 19.2 Å². The fraction of sp³-hybridized carbons (Fsp3) is 0.625. The molecular weight excluding hydrogens is 302 g/mol. The molecule has 0 radical (unpaired) electrons. The molecule has 0 saturated carbocycles. The van der Waals surface area contributed by atoms with Gasteiger partial charge in [-0.25, -0.2) is 8.42 Å². The van der Waals surface area contributed by atoms with E-state index in [1.807, 2.05) is 18.2 Å². The summed E-state index contributed by atoms with van der Waals surface area (Å²) in [6.07, 6.45) is 0.690. The van der Waals surface area contributed by atoms with Gasteiger partial charge >= 0.3 is 0 Å². The van der Waals surface area contributed by atoms with Gasteiger partial charge in [-0.05, 0) is 30.0 Å². The molecular formula is C16H25NO4S. The molecule has 1 heterocycles. The van der Waals surface area contributed by atoms with Gasteiger partial charge in [-0.3, -0.25) is 0 Å². The van der Waals surface area contributed by atoms with E-state index in [1.165, 1.54) is 0 Å². The third-order valence-electron chi connectivity index (χ3n) is 3.63. The van der Waals surface area contributed by atoms with Crippen LogP contribution < -0.4 is 14.8 Å². The summed E-state index contributed by atoms with van der Waals surface area (Å²) in [5.74, 6) is 2.41. The monoisotopic (exact) mass is 327 g/mol. The summed E-state index contributed by atoms with van der Waals surface area (Å²) in [5, 5.41) is 3.31. The molecule has 5 nitrogen and oxygen atoms in total. The van der Waals surface area contributed by atoms with Gasteiger partial charge in [-0.1, -0.05) is 19.9 Å². The van der Waals surface area contributed by atoms with Crippen LogP contribution in [-0.2, 0) is 16.4 Å². The summed E-state index contributed by atoms with van der Waals surface area (Å²) >= 11 is 0. The average Bonchev–Trinajstić information content (AvgIpc) is 2.82. The summed E-state index contributed by atoms with van der Waals surface area (Å²) in [4.78, 5) is 0. The van der Waals surface area contributed by atoms with Crippen molar-refractivity contribution in [2.24, 2.45) is 5.92 Å². The van der Waals surface area contributed by atoms with Gasteiger partial charge in [0.25, 0.3) is 0 Å². The van der Waals surface area contributed by atoms with Crippen molar-refractivity contribution in [3.05, 3.63) is 23.8 Å². The maximum absolute atomic E-state index is 11.5. The fourth-order valence-corrected chi connectivity index (χ4v) is 4.13. The molecule has 1 aliphatic rings. The van der Waals surface area contributed by atoms with E-state index in [0.29, 0.717) is 31.2 Å². The molecule has 0 spiro atoms. The second-order valence-electron chi connectivity index (χ2n) is 6.17. The minimum Gasteiger partial charge on any atom is -0.493 e. The van der Waals surface area contributed by atoms with Crippen LogP contribution in [0.1, 0.15) is 25.8 Å². The second-order valence-corrected chi connectivity index (χ2v) is 8.40. The Kier molecular flexibility index (Phi) is 5.69. The summed E-state index contributed by atoms with van der Waals surface area (Å²) in [6, 6.07) is 5.86. The molecule has 124 valence electrons. The van der Waals surface area contributed by atoms with Gasteiger partial charge in [0.1, 0.15) is 0 Å². The highest BCUT2D eigenvalue weighted by Gasteiger charge is 2.27. The highest BCUT2D eigenvalue weighted by atomic mass is 32.2. The largest absolute Gasteiger partial charge is 0.493 e. The number of hydrogen-bond acceptors (Lipinski definition) is 5. The van der Waals surface area contributed by atoms with Gasteiger partial charge in [0.2, 0.25) is 0 Å². The minimum absolute atomic E-state index is 0.0483. The zero-order valence-electron chi connectivity index (χ0n) is 13.5. The van der Waals surface area contributed by atoms with Crippen LogP contribution in [0.3, 0.4) is 0 Å². The molecule has 1 fully saturated rings. The number of methoxy groups -OCH3 is 1. The van der Waals surface area contributed by atoms with Crippen LogP contribution in [0.5, 0.6) is 11.5 Å². The Morgan fingerprint density at radius 3 is 2.68 bits per heavy atom. The third-order valence-corrected chi connectivity index (χ3v) is 5.40. The predicted octanol–water partition coefficient (Wildman–Crippen LogP) is 2.01.